The van der Waals surface area contributed by atoms with Crippen LogP contribution in [0.2, 0.25) is 0 Å². The van der Waals surface area contributed by atoms with E-state index in [2.05, 4.69) is 27.4 Å². The second kappa shape index (κ2) is 10.5. The predicted octanol–water partition coefficient (Wildman–Crippen LogP) is 5.55. The van der Waals surface area contributed by atoms with Gasteiger partial charge in [0.15, 0.2) is 0 Å². The van der Waals surface area contributed by atoms with Crippen molar-refractivity contribution in [1.29, 1.82) is 0 Å². The van der Waals surface area contributed by atoms with E-state index >= 15 is 0 Å². The maximum atomic E-state index is 13.6. The van der Waals surface area contributed by atoms with E-state index in [0.29, 0.717) is 18.7 Å². The average molecular weight is 527 g/mol. The maximum Gasteiger partial charge on any atom is 0.254 e. The molecule has 3 aromatic rings. The third-order valence-electron chi connectivity index (χ3n) is 5.90. The maximum absolute atomic E-state index is 13.6. The first-order valence-corrected chi connectivity index (χ1v) is 12.7. The van der Waals surface area contributed by atoms with Crippen LogP contribution in [-0.2, 0) is 11.2 Å². The number of benzene rings is 2. The molecule has 0 saturated heterocycles. The van der Waals surface area contributed by atoms with E-state index in [4.69, 9.17) is 4.74 Å². The van der Waals surface area contributed by atoms with Crippen LogP contribution in [-0.4, -0.2) is 48.4 Å². The van der Waals surface area contributed by atoms with Crippen molar-refractivity contribution in [3.8, 4) is 5.75 Å². The van der Waals surface area contributed by atoms with Gasteiger partial charge in [0.25, 0.3) is 5.91 Å². The number of nitrogens with zero attached hydrogens (tertiary/aromatic N) is 2. The minimum Gasteiger partial charge on any atom is -0.497 e. The Balaban J connectivity index is 1.61. The average Bonchev–Trinajstić information content (AvgIpc) is 3.31. The van der Waals surface area contributed by atoms with E-state index in [1.54, 1.807) is 35.5 Å². The van der Waals surface area contributed by atoms with Crippen molar-refractivity contribution < 1.29 is 14.3 Å². The fraction of sp³-hybridized carbons (Fsp3) is 0.308. The van der Waals surface area contributed by atoms with Gasteiger partial charge >= 0.3 is 0 Å². The van der Waals surface area contributed by atoms with Crippen LogP contribution in [0.4, 0.5) is 0 Å². The van der Waals surface area contributed by atoms with Gasteiger partial charge in [-0.1, -0.05) is 41.1 Å². The third kappa shape index (κ3) is 5.14. The second-order valence-corrected chi connectivity index (χ2v) is 9.97. The molecule has 2 amide bonds. The molecule has 0 N–H and O–H groups in total. The fourth-order valence-electron chi connectivity index (χ4n) is 4.31. The number of hydrogen-bond acceptors (Lipinski definition) is 4. The van der Waals surface area contributed by atoms with Crippen LogP contribution >= 0.6 is 27.3 Å². The molecule has 2 heterocycles. The predicted molar refractivity (Wildman–Crippen MR) is 135 cm³/mol. The molecule has 4 rings (SSSR count). The summed E-state index contributed by atoms with van der Waals surface area (Å²) in [6.45, 7) is 3.24. The number of thiophene rings is 1. The van der Waals surface area contributed by atoms with Crippen molar-refractivity contribution in [2.45, 2.75) is 25.8 Å². The molecule has 0 saturated carbocycles. The van der Waals surface area contributed by atoms with Gasteiger partial charge in [-0.2, -0.15) is 0 Å². The number of carbonyl (C=O) groups is 2. The lowest BCUT2D eigenvalue weighted by molar-refractivity contribution is -0.134. The zero-order valence-corrected chi connectivity index (χ0v) is 21.2. The summed E-state index contributed by atoms with van der Waals surface area (Å²) in [6, 6.07) is 17.2. The van der Waals surface area contributed by atoms with E-state index in [9.17, 15) is 9.59 Å². The fourth-order valence-corrected chi connectivity index (χ4v) is 5.61. The van der Waals surface area contributed by atoms with Crippen molar-refractivity contribution in [2.75, 3.05) is 26.7 Å². The number of amides is 2. The summed E-state index contributed by atoms with van der Waals surface area (Å²) in [5, 5.41) is 2.09. The monoisotopic (exact) mass is 526 g/mol. The Morgan fingerprint density at radius 2 is 1.97 bits per heavy atom. The van der Waals surface area contributed by atoms with E-state index in [1.807, 2.05) is 48.2 Å². The minimum atomic E-state index is -0.164. The molecule has 0 radical (unpaired) electrons. The Morgan fingerprint density at radius 1 is 1.18 bits per heavy atom. The molecule has 7 heteroatoms. The number of fused-ring (bicyclic) bond motifs is 1. The smallest absolute Gasteiger partial charge is 0.254 e. The molecule has 1 aromatic heterocycles. The number of hydrogen-bond donors (Lipinski definition) is 0. The molecule has 1 aliphatic rings. The van der Waals surface area contributed by atoms with E-state index < -0.39 is 0 Å². The topological polar surface area (TPSA) is 49.9 Å². The summed E-state index contributed by atoms with van der Waals surface area (Å²) in [7, 11) is 1.65. The molecule has 33 heavy (non-hydrogen) atoms. The highest BCUT2D eigenvalue weighted by Gasteiger charge is 2.34. The second-order valence-electron chi connectivity index (χ2n) is 8.05. The molecule has 172 valence electrons. The van der Waals surface area contributed by atoms with Gasteiger partial charge in [0.05, 0.1) is 13.2 Å². The lowest BCUT2D eigenvalue weighted by Gasteiger charge is -2.37. The number of halogens is 1. The summed E-state index contributed by atoms with van der Waals surface area (Å²) in [5.41, 5.74) is 2.80. The quantitative estimate of drug-likeness (QED) is 0.405. The van der Waals surface area contributed by atoms with Gasteiger partial charge in [-0.25, -0.2) is 0 Å². The molecule has 1 unspecified atom stereocenters. The van der Waals surface area contributed by atoms with Crippen LogP contribution in [0.1, 0.15) is 45.7 Å². The number of rotatable bonds is 7. The molecule has 1 atom stereocenters. The molecule has 0 spiro atoms. The molecule has 0 fully saturated rings. The zero-order chi connectivity index (χ0) is 23.4. The van der Waals surface area contributed by atoms with Crippen LogP contribution in [0.25, 0.3) is 0 Å². The Kier molecular flexibility index (Phi) is 7.50. The summed E-state index contributed by atoms with van der Waals surface area (Å²) in [5.74, 6) is 0.622. The summed E-state index contributed by atoms with van der Waals surface area (Å²) < 4.78 is 6.16. The largest absolute Gasteiger partial charge is 0.497 e. The van der Waals surface area contributed by atoms with Gasteiger partial charge in [-0.3, -0.25) is 9.59 Å². The third-order valence-corrected chi connectivity index (χ3v) is 7.39. The van der Waals surface area contributed by atoms with E-state index in [-0.39, 0.29) is 24.4 Å². The minimum absolute atomic E-state index is 0.0375. The van der Waals surface area contributed by atoms with Crippen LogP contribution < -0.4 is 4.74 Å². The SMILES string of the molecule is CCCN(CC(=O)N1CCc2sccc2C1c1ccc(OC)cc1)C(=O)c1cccc(Br)c1. The number of ether oxygens (including phenoxy) is 1. The van der Waals surface area contributed by atoms with Crippen LogP contribution in [0.5, 0.6) is 5.75 Å². The zero-order valence-electron chi connectivity index (χ0n) is 18.8. The van der Waals surface area contributed by atoms with Crippen molar-refractivity contribution in [2.24, 2.45) is 0 Å². The van der Waals surface area contributed by atoms with E-state index in [0.717, 1.165) is 28.6 Å². The lowest BCUT2D eigenvalue weighted by atomic mass is 9.93. The highest BCUT2D eigenvalue weighted by molar-refractivity contribution is 9.10. The highest BCUT2D eigenvalue weighted by Crippen LogP contribution is 2.38. The van der Waals surface area contributed by atoms with Crippen LogP contribution in [0, 0.1) is 0 Å². The molecule has 0 aliphatic carbocycles. The molecule has 0 bridgehead atoms. The number of carbonyl (C=O) groups excluding carboxylic acids is 2. The van der Waals surface area contributed by atoms with Gasteiger partial charge in [0.1, 0.15) is 12.3 Å². The first kappa shape index (κ1) is 23.5. The van der Waals surface area contributed by atoms with Crippen molar-refractivity contribution in [3.05, 3.63) is 86.0 Å². The summed E-state index contributed by atoms with van der Waals surface area (Å²) in [6.07, 6.45) is 1.61. The molecule has 2 aromatic carbocycles. The van der Waals surface area contributed by atoms with Gasteiger partial charge in [-0.15, -0.1) is 11.3 Å². The van der Waals surface area contributed by atoms with Crippen LogP contribution in [0.15, 0.2) is 64.5 Å². The Bertz CT molecular complexity index is 1130. The lowest BCUT2D eigenvalue weighted by Crippen LogP contribution is -2.47. The molecule has 1 aliphatic heterocycles. The standard InChI is InChI=1S/C26H27BrN2O3S/c1-3-13-28(26(31)19-5-4-6-20(27)16-19)17-24(30)29-14-11-23-22(12-15-33-23)25(29)18-7-9-21(32-2)10-8-18/h4-10,12,15-16,25H,3,11,13-14,17H2,1-2H3. The van der Waals surface area contributed by atoms with Crippen molar-refractivity contribution in [1.82, 2.24) is 9.80 Å². The normalized spacial score (nSPS) is 15.1. The first-order chi connectivity index (χ1) is 16.0. The molecular formula is C26H27BrN2O3S. The Morgan fingerprint density at radius 3 is 2.67 bits per heavy atom. The highest BCUT2D eigenvalue weighted by atomic mass is 79.9. The first-order valence-electron chi connectivity index (χ1n) is 11.1. The van der Waals surface area contributed by atoms with Gasteiger partial charge < -0.3 is 14.5 Å². The van der Waals surface area contributed by atoms with E-state index in [1.165, 1.54) is 10.4 Å². The van der Waals surface area contributed by atoms with Crippen LogP contribution in [0.3, 0.4) is 0 Å². The Hall–Kier alpha value is -2.64. The van der Waals surface area contributed by atoms with Gasteiger partial charge in [0.2, 0.25) is 5.91 Å². The number of methoxy groups -OCH3 is 1. The Labute approximate surface area is 207 Å². The summed E-state index contributed by atoms with van der Waals surface area (Å²) >= 11 is 5.17. The van der Waals surface area contributed by atoms with Crippen molar-refractivity contribution in [3.63, 3.8) is 0 Å². The van der Waals surface area contributed by atoms with Crippen molar-refractivity contribution >= 4 is 39.1 Å². The molecule has 5 nitrogen and oxygen atoms in total. The van der Waals surface area contributed by atoms with Gasteiger partial charge in [0, 0.05) is 28.0 Å². The molecular weight excluding hydrogens is 500 g/mol. The van der Waals surface area contributed by atoms with Gasteiger partial charge in [-0.05, 0) is 65.7 Å². The summed E-state index contributed by atoms with van der Waals surface area (Å²) in [4.78, 5) is 31.7.